The Kier molecular flexibility index (Phi) is 3.04. The van der Waals surface area contributed by atoms with E-state index in [1.807, 2.05) is 12.1 Å². The maximum absolute atomic E-state index is 9.22. The second-order valence-corrected chi connectivity index (χ2v) is 3.54. The van der Waals surface area contributed by atoms with Crippen LogP contribution >= 0.6 is 12.6 Å². The molecule has 0 amide bonds. The van der Waals surface area contributed by atoms with Crippen LogP contribution in [0.3, 0.4) is 0 Å². The van der Waals surface area contributed by atoms with Crippen LogP contribution in [0.4, 0.5) is 0 Å². The number of rotatable bonds is 2. The van der Waals surface area contributed by atoms with E-state index in [9.17, 15) is 5.11 Å². The summed E-state index contributed by atoms with van der Waals surface area (Å²) in [5.41, 5.74) is 1.24. The highest BCUT2D eigenvalue weighted by Gasteiger charge is 2.04. The molecule has 0 aliphatic heterocycles. The molecule has 1 nitrogen and oxygen atoms in total. The van der Waals surface area contributed by atoms with E-state index >= 15 is 0 Å². The highest BCUT2D eigenvalue weighted by molar-refractivity contribution is 7.80. The van der Waals surface area contributed by atoms with Crippen molar-refractivity contribution in [3.8, 4) is 5.75 Å². The van der Waals surface area contributed by atoms with Gasteiger partial charge in [0.05, 0.1) is 0 Å². The third-order valence-electron chi connectivity index (χ3n) is 2.18. The smallest absolute Gasteiger partial charge is 0.128 e. The molecule has 0 saturated carbocycles. The predicted molar refractivity (Wildman–Crippen MR) is 54.1 cm³/mol. The summed E-state index contributed by atoms with van der Waals surface area (Å²) in [6.45, 7) is 4.31. The van der Waals surface area contributed by atoms with Crippen molar-refractivity contribution in [1.29, 1.82) is 0 Å². The minimum absolute atomic E-state index is 0.255. The van der Waals surface area contributed by atoms with E-state index in [-0.39, 0.29) is 5.75 Å². The average Bonchev–Trinajstić information content (AvgIpc) is 2.08. The first-order valence-electron chi connectivity index (χ1n) is 4.17. The molecular weight excluding hydrogens is 168 g/mol. The van der Waals surface area contributed by atoms with Crippen molar-refractivity contribution in [2.75, 3.05) is 0 Å². The van der Waals surface area contributed by atoms with Gasteiger partial charge in [0.25, 0.3) is 0 Å². The fraction of sp³-hybridized carbons (Fsp3) is 0.400. The molecule has 1 rings (SSSR count). The number of hydrogen-bond acceptors (Lipinski definition) is 2. The lowest BCUT2D eigenvalue weighted by Gasteiger charge is -2.09. The highest BCUT2D eigenvalue weighted by Crippen LogP contribution is 2.27. The number of hydrogen-bond donors (Lipinski definition) is 2. The molecule has 1 unspecified atom stereocenters. The highest BCUT2D eigenvalue weighted by atomic mass is 32.1. The monoisotopic (exact) mass is 182 g/mol. The zero-order valence-electron chi connectivity index (χ0n) is 7.41. The van der Waals surface area contributed by atoms with E-state index in [0.717, 1.165) is 6.42 Å². The summed E-state index contributed by atoms with van der Waals surface area (Å²) in [5.74, 6) is 0.793. The molecule has 0 heterocycles. The molecule has 1 aromatic carbocycles. The molecule has 2 heteroatoms. The third kappa shape index (κ3) is 1.95. The minimum Gasteiger partial charge on any atom is -0.507 e. The van der Waals surface area contributed by atoms with Crippen LogP contribution in [0.2, 0.25) is 0 Å². The van der Waals surface area contributed by atoms with Crippen LogP contribution in [-0.2, 0) is 0 Å². The lowest BCUT2D eigenvalue weighted by Crippen LogP contribution is -1.90. The van der Waals surface area contributed by atoms with Gasteiger partial charge >= 0.3 is 0 Å². The van der Waals surface area contributed by atoms with Gasteiger partial charge < -0.3 is 5.11 Å². The Morgan fingerprint density at radius 1 is 1.50 bits per heavy atom. The van der Waals surface area contributed by atoms with Crippen LogP contribution in [0, 0.1) is 0 Å². The van der Waals surface area contributed by atoms with Crippen molar-refractivity contribution in [3.63, 3.8) is 0 Å². The fourth-order valence-electron chi connectivity index (χ4n) is 1.08. The van der Waals surface area contributed by atoms with Gasteiger partial charge in [-0.25, -0.2) is 0 Å². The van der Waals surface area contributed by atoms with Crippen LogP contribution in [0.1, 0.15) is 31.7 Å². The molecule has 0 bridgehead atoms. The molecule has 66 valence electrons. The van der Waals surface area contributed by atoms with E-state index in [4.69, 9.17) is 0 Å². The van der Waals surface area contributed by atoms with Crippen molar-refractivity contribution in [3.05, 3.63) is 23.8 Å². The van der Waals surface area contributed by atoms with Crippen LogP contribution in [0.5, 0.6) is 5.75 Å². The van der Waals surface area contributed by atoms with Crippen molar-refractivity contribution < 1.29 is 5.11 Å². The van der Waals surface area contributed by atoms with Gasteiger partial charge in [-0.3, -0.25) is 0 Å². The normalized spacial score (nSPS) is 12.9. The van der Waals surface area contributed by atoms with Gasteiger partial charge in [-0.05, 0) is 30.0 Å². The summed E-state index contributed by atoms with van der Waals surface area (Å²) in [7, 11) is 0. The Hall–Kier alpha value is -0.630. The molecule has 0 aliphatic rings. The maximum atomic E-state index is 9.22. The Labute approximate surface area is 78.8 Å². The second kappa shape index (κ2) is 3.85. The fourth-order valence-corrected chi connectivity index (χ4v) is 1.31. The topological polar surface area (TPSA) is 20.2 Å². The quantitative estimate of drug-likeness (QED) is 0.673. The molecule has 0 fully saturated rings. The number of aromatic hydroxyl groups is 1. The minimum atomic E-state index is 0.255. The molecule has 0 radical (unpaired) electrons. The summed E-state index contributed by atoms with van der Waals surface area (Å²) in [4.78, 5) is 0.660. The zero-order valence-corrected chi connectivity index (χ0v) is 8.31. The Balaban J connectivity index is 2.96. The molecule has 1 aromatic rings. The lowest BCUT2D eigenvalue weighted by molar-refractivity contribution is 0.462. The Morgan fingerprint density at radius 3 is 2.67 bits per heavy atom. The second-order valence-electron chi connectivity index (χ2n) is 3.06. The number of benzene rings is 1. The van der Waals surface area contributed by atoms with Crippen molar-refractivity contribution >= 4 is 12.6 Å². The third-order valence-corrected chi connectivity index (χ3v) is 2.54. The van der Waals surface area contributed by atoms with Crippen LogP contribution < -0.4 is 0 Å². The number of phenolic OH excluding ortho intramolecular Hbond substituents is 1. The molecule has 0 spiro atoms. The van der Waals surface area contributed by atoms with Crippen molar-refractivity contribution in [1.82, 2.24) is 0 Å². The molecule has 0 aromatic heterocycles. The van der Waals surface area contributed by atoms with Crippen LogP contribution in [0.15, 0.2) is 23.1 Å². The van der Waals surface area contributed by atoms with Gasteiger partial charge in [-0.2, -0.15) is 0 Å². The van der Waals surface area contributed by atoms with E-state index in [2.05, 4.69) is 26.5 Å². The molecule has 1 N–H and O–H groups in total. The molecule has 12 heavy (non-hydrogen) atoms. The van der Waals surface area contributed by atoms with E-state index in [1.165, 1.54) is 5.56 Å². The standard InChI is InChI=1S/C10H14OS/c1-3-7(2)8-4-5-9(11)10(12)6-8/h4-7,11-12H,3H2,1-2H3. The first-order valence-corrected chi connectivity index (χ1v) is 4.61. The van der Waals surface area contributed by atoms with Crippen molar-refractivity contribution in [2.45, 2.75) is 31.1 Å². The van der Waals surface area contributed by atoms with Gasteiger partial charge in [0.15, 0.2) is 0 Å². The van der Waals surface area contributed by atoms with Gasteiger partial charge in [0.1, 0.15) is 5.75 Å². The van der Waals surface area contributed by atoms with Gasteiger partial charge in [0, 0.05) is 4.90 Å². The SMILES string of the molecule is CCC(C)c1ccc(O)c(S)c1. The summed E-state index contributed by atoms with van der Waals surface area (Å²) < 4.78 is 0. The first-order chi connectivity index (χ1) is 5.65. The van der Waals surface area contributed by atoms with Crippen molar-refractivity contribution in [2.24, 2.45) is 0 Å². The zero-order chi connectivity index (χ0) is 9.14. The molecule has 0 saturated heterocycles. The Bertz CT molecular complexity index is 271. The van der Waals surface area contributed by atoms with E-state index < -0.39 is 0 Å². The molecule has 0 aliphatic carbocycles. The summed E-state index contributed by atoms with van der Waals surface area (Å²) in [6, 6.07) is 5.57. The first kappa shape index (κ1) is 9.46. The Morgan fingerprint density at radius 2 is 2.17 bits per heavy atom. The van der Waals surface area contributed by atoms with E-state index in [0.29, 0.717) is 10.8 Å². The predicted octanol–water partition coefficient (Wildman–Crippen LogP) is 3.19. The van der Waals surface area contributed by atoms with Gasteiger partial charge in [0.2, 0.25) is 0 Å². The number of thiol groups is 1. The van der Waals surface area contributed by atoms with Crippen LogP contribution in [-0.4, -0.2) is 5.11 Å². The molecule has 1 atom stereocenters. The lowest BCUT2D eigenvalue weighted by atomic mass is 9.99. The average molecular weight is 182 g/mol. The van der Waals surface area contributed by atoms with Gasteiger partial charge in [-0.15, -0.1) is 12.6 Å². The van der Waals surface area contributed by atoms with E-state index in [1.54, 1.807) is 6.07 Å². The van der Waals surface area contributed by atoms with Crippen LogP contribution in [0.25, 0.3) is 0 Å². The number of phenols is 1. The largest absolute Gasteiger partial charge is 0.507 e. The summed E-state index contributed by atoms with van der Waals surface area (Å²) in [5, 5.41) is 9.22. The maximum Gasteiger partial charge on any atom is 0.128 e. The van der Waals surface area contributed by atoms with Gasteiger partial charge in [-0.1, -0.05) is 19.9 Å². The summed E-state index contributed by atoms with van der Waals surface area (Å²) in [6.07, 6.45) is 1.11. The summed E-state index contributed by atoms with van der Waals surface area (Å²) >= 11 is 4.15. The molecular formula is C10H14OS.